The van der Waals surface area contributed by atoms with Crippen LogP contribution in [0.3, 0.4) is 0 Å². The Balaban J connectivity index is 1.67. The zero-order chi connectivity index (χ0) is 9.97. The minimum atomic E-state index is 0.831. The zero-order valence-corrected chi connectivity index (χ0v) is 9.41. The Kier molecular flexibility index (Phi) is 3.45. The second-order valence-electron chi connectivity index (χ2n) is 5.29. The molecule has 2 heteroatoms. The van der Waals surface area contributed by atoms with Gasteiger partial charge in [0.25, 0.3) is 0 Å². The van der Waals surface area contributed by atoms with Gasteiger partial charge in [-0.1, -0.05) is 0 Å². The Bertz CT molecular complexity index is 169. The summed E-state index contributed by atoms with van der Waals surface area (Å²) in [5, 5.41) is 0. The second kappa shape index (κ2) is 4.63. The number of hydrogen-bond acceptors (Lipinski definition) is 2. The summed E-state index contributed by atoms with van der Waals surface area (Å²) in [6.07, 6.45) is 8.46. The average molecular weight is 196 g/mol. The van der Waals surface area contributed by atoms with Crippen LogP contribution in [0.1, 0.15) is 38.5 Å². The molecule has 2 nitrogen and oxygen atoms in total. The first-order valence-corrected chi connectivity index (χ1v) is 6.20. The van der Waals surface area contributed by atoms with Crippen LogP contribution in [0.2, 0.25) is 0 Å². The van der Waals surface area contributed by atoms with Crippen molar-refractivity contribution in [3.05, 3.63) is 0 Å². The van der Waals surface area contributed by atoms with Gasteiger partial charge in [-0.05, 0) is 64.0 Å². The molecule has 0 saturated heterocycles. The standard InChI is InChI=1S/C12H24N2/c1-14(12-6-7-12)9-11-4-2-10(8-13)3-5-11/h10-12H,2-9,13H2,1H3. The fourth-order valence-corrected chi connectivity index (χ4v) is 2.72. The maximum absolute atomic E-state index is 5.70. The number of hydrogen-bond donors (Lipinski definition) is 1. The maximum Gasteiger partial charge on any atom is 0.00934 e. The third-order valence-corrected chi connectivity index (χ3v) is 4.02. The number of rotatable bonds is 4. The van der Waals surface area contributed by atoms with Crippen molar-refractivity contribution < 1.29 is 0 Å². The molecule has 0 spiro atoms. The van der Waals surface area contributed by atoms with Crippen LogP contribution in [0, 0.1) is 11.8 Å². The van der Waals surface area contributed by atoms with Crippen LogP contribution in [0.4, 0.5) is 0 Å². The fourth-order valence-electron chi connectivity index (χ4n) is 2.72. The van der Waals surface area contributed by atoms with Crippen molar-refractivity contribution in [1.82, 2.24) is 4.90 Å². The smallest absolute Gasteiger partial charge is 0.00934 e. The quantitative estimate of drug-likeness (QED) is 0.743. The lowest BCUT2D eigenvalue weighted by atomic mass is 9.82. The maximum atomic E-state index is 5.70. The molecule has 0 aromatic heterocycles. The normalized spacial score (nSPS) is 33.6. The SMILES string of the molecule is CN(CC1CCC(CN)CC1)C1CC1. The molecule has 2 aliphatic carbocycles. The van der Waals surface area contributed by atoms with Crippen LogP contribution in [0.15, 0.2) is 0 Å². The van der Waals surface area contributed by atoms with Crippen molar-refractivity contribution >= 4 is 0 Å². The second-order valence-corrected chi connectivity index (χ2v) is 5.29. The summed E-state index contributed by atoms with van der Waals surface area (Å²) in [5.41, 5.74) is 5.70. The third-order valence-electron chi connectivity index (χ3n) is 4.02. The van der Waals surface area contributed by atoms with Crippen molar-refractivity contribution in [1.29, 1.82) is 0 Å². The Hall–Kier alpha value is -0.0800. The molecule has 2 rings (SSSR count). The van der Waals surface area contributed by atoms with Crippen molar-refractivity contribution in [2.24, 2.45) is 17.6 Å². The predicted molar refractivity (Wildman–Crippen MR) is 60.2 cm³/mol. The predicted octanol–water partition coefficient (Wildman–Crippen LogP) is 1.85. The van der Waals surface area contributed by atoms with Crippen LogP contribution in [0.5, 0.6) is 0 Å². The van der Waals surface area contributed by atoms with Crippen LogP contribution in [-0.2, 0) is 0 Å². The summed E-state index contributed by atoms with van der Waals surface area (Å²) in [7, 11) is 2.30. The lowest BCUT2D eigenvalue weighted by Gasteiger charge is -2.30. The highest BCUT2D eigenvalue weighted by Gasteiger charge is 2.29. The van der Waals surface area contributed by atoms with E-state index in [0.29, 0.717) is 0 Å². The first kappa shape index (κ1) is 10.4. The number of nitrogens with two attached hydrogens (primary N) is 1. The van der Waals surface area contributed by atoms with Crippen LogP contribution >= 0.6 is 0 Å². The number of nitrogens with zero attached hydrogens (tertiary/aromatic N) is 1. The van der Waals surface area contributed by atoms with Gasteiger partial charge in [0.1, 0.15) is 0 Å². The summed E-state index contributed by atoms with van der Waals surface area (Å²) >= 11 is 0. The van der Waals surface area contributed by atoms with E-state index in [4.69, 9.17) is 5.73 Å². The van der Waals surface area contributed by atoms with Gasteiger partial charge in [-0.3, -0.25) is 0 Å². The molecule has 0 unspecified atom stereocenters. The Morgan fingerprint density at radius 3 is 2.07 bits per heavy atom. The van der Waals surface area contributed by atoms with E-state index in [1.54, 1.807) is 0 Å². The molecule has 2 N–H and O–H groups in total. The molecule has 0 radical (unpaired) electrons. The first-order chi connectivity index (χ1) is 6.79. The highest BCUT2D eigenvalue weighted by Crippen LogP contribution is 2.31. The summed E-state index contributed by atoms with van der Waals surface area (Å²) < 4.78 is 0. The van der Waals surface area contributed by atoms with Crippen molar-refractivity contribution in [3.63, 3.8) is 0 Å². The van der Waals surface area contributed by atoms with E-state index in [2.05, 4.69) is 11.9 Å². The molecule has 0 amide bonds. The minimum Gasteiger partial charge on any atom is -0.330 e. The van der Waals surface area contributed by atoms with Gasteiger partial charge in [0.05, 0.1) is 0 Å². The van der Waals surface area contributed by atoms with Gasteiger partial charge in [-0.15, -0.1) is 0 Å². The molecular formula is C12H24N2. The van der Waals surface area contributed by atoms with Crippen molar-refractivity contribution in [2.75, 3.05) is 20.1 Å². The van der Waals surface area contributed by atoms with Gasteiger partial charge in [-0.25, -0.2) is 0 Å². The molecule has 0 heterocycles. The van der Waals surface area contributed by atoms with Gasteiger partial charge in [0, 0.05) is 12.6 Å². The Labute approximate surface area is 87.8 Å². The van der Waals surface area contributed by atoms with E-state index in [1.807, 2.05) is 0 Å². The van der Waals surface area contributed by atoms with Crippen LogP contribution < -0.4 is 5.73 Å². The van der Waals surface area contributed by atoms with E-state index in [0.717, 1.165) is 24.4 Å². The molecule has 0 bridgehead atoms. The van der Waals surface area contributed by atoms with E-state index in [1.165, 1.54) is 45.1 Å². The van der Waals surface area contributed by atoms with Gasteiger partial charge in [-0.2, -0.15) is 0 Å². The lowest BCUT2D eigenvalue weighted by molar-refractivity contribution is 0.201. The third kappa shape index (κ3) is 2.71. The lowest BCUT2D eigenvalue weighted by Crippen LogP contribution is -2.31. The molecule has 2 fully saturated rings. The molecule has 2 saturated carbocycles. The van der Waals surface area contributed by atoms with Gasteiger partial charge < -0.3 is 10.6 Å². The molecule has 0 aromatic rings. The minimum absolute atomic E-state index is 0.831. The molecule has 0 atom stereocenters. The molecule has 82 valence electrons. The van der Waals surface area contributed by atoms with E-state index in [9.17, 15) is 0 Å². The zero-order valence-electron chi connectivity index (χ0n) is 9.41. The molecule has 2 aliphatic rings. The fraction of sp³-hybridized carbons (Fsp3) is 1.00. The summed E-state index contributed by atoms with van der Waals surface area (Å²) in [6, 6.07) is 0.933. The highest BCUT2D eigenvalue weighted by atomic mass is 15.2. The highest BCUT2D eigenvalue weighted by molar-refractivity contribution is 4.84. The van der Waals surface area contributed by atoms with Crippen molar-refractivity contribution in [3.8, 4) is 0 Å². The molecule has 14 heavy (non-hydrogen) atoms. The summed E-state index contributed by atoms with van der Waals surface area (Å²) in [5.74, 6) is 1.79. The van der Waals surface area contributed by atoms with Crippen molar-refractivity contribution in [2.45, 2.75) is 44.6 Å². The van der Waals surface area contributed by atoms with Gasteiger partial charge in [0.2, 0.25) is 0 Å². The topological polar surface area (TPSA) is 29.3 Å². The summed E-state index contributed by atoms with van der Waals surface area (Å²) in [4.78, 5) is 2.58. The van der Waals surface area contributed by atoms with E-state index >= 15 is 0 Å². The van der Waals surface area contributed by atoms with Gasteiger partial charge >= 0.3 is 0 Å². The Morgan fingerprint density at radius 2 is 1.57 bits per heavy atom. The largest absolute Gasteiger partial charge is 0.330 e. The molecule has 0 aromatic carbocycles. The average Bonchev–Trinajstić information content (AvgIpc) is 3.02. The first-order valence-electron chi connectivity index (χ1n) is 6.20. The van der Waals surface area contributed by atoms with Gasteiger partial charge in [0.15, 0.2) is 0 Å². The molecular weight excluding hydrogens is 172 g/mol. The monoisotopic (exact) mass is 196 g/mol. The van der Waals surface area contributed by atoms with Crippen LogP contribution in [0.25, 0.3) is 0 Å². The van der Waals surface area contributed by atoms with E-state index < -0.39 is 0 Å². The van der Waals surface area contributed by atoms with Crippen LogP contribution in [-0.4, -0.2) is 31.1 Å². The summed E-state index contributed by atoms with van der Waals surface area (Å²) in [6.45, 7) is 2.24. The van der Waals surface area contributed by atoms with E-state index in [-0.39, 0.29) is 0 Å². The molecule has 0 aliphatic heterocycles. The Morgan fingerprint density at radius 1 is 1.00 bits per heavy atom.